The first-order valence-electron chi connectivity index (χ1n) is 8.95. The highest BCUT2D eigenvalue weighted by Gasteiger charge is 2.48. The minimum absolute atomic E-state index is 0.182. The van der Waals surface area contributed by atoms with Gasteiger partial charge in [0.15, 0.2) is 23.8 Å². The van der Waals surface area contributed by atoms with Crippen LogP contribution in [0.4, 0.5) is 5.82 Å². The first-order chi connectivity index (χ1) is 13.8. The monoisotopic (exact) mass is 444 g/mol. The fraction of sp³-hybridized carbons (Fsp3) is 0.625. The molecule has 0 bridgehead atoms. The van der Waals surface area contributed by atoms with E-state index in [9.17, 15) is 15.0 Å². The molecule has 0 radical (unpaired) electrons. The highest BCUT2D eigenvalue weighted by Crippen LogP contribution is 2.34. The summed E-state index contributed by atoms with van der Waals surface area (Å²) in [5, 5.41) is 20.4. The minimum Gasteiger partial charge on any atom is -0.453 e. The van der Waals surface area contributed by atoms with Crippen LogP contribution in [0.5, 0.6) is 0 Å². The molecule has 29 heavy (non-hydrogen) atoms. The Morgan fingerprint density at radius 3 is 2.86 bits per heavy atom. The van der Waals surface area contributed by atoms with Gasteiger partial charge in [0.25, 0.3) is 0 Å². The fourth-order valence-corrected chi connectivity index (χ4v) is 4.94. The Hall–Kier alpha value is -1.64. The Kier molecular flexibility index (Phi) is 7.19. The molecular formula is C16H24N6O5S2. The van der Waals surface area contributed by atoms with Gasteiger partial charge >= 0.3 is 5.97 Å². The Bertz CT molecular complexity index is 852. The van der Waals surface area contributed by atoms with Crippen molar-refractivity contribution in [2.24, 2.45) is 5.73 Å². The minimum atomic E-state index is -1.25. The molecule has 5 atom stereocenters. The number of aliphatic hydroxyl groups is 2. The van der Waals surface area contributed by atoms with Gasteiger partial charge in [-0.1, -0.05) is 35.4 Å². The third-order valence-corrected chi connectivity index (χ3v) is 7.20. The molecule has 1 fully saturated rings. The van der Waals surface area contributed by atoms with Crippen molar-refractivity contribution >= 4 is 44.5 Å². The van der Waals surface area contributed by atoms with E-state index in [1.807, 2.05) is 13.8 Å². The number of carbonyl (C=O) groups is 1. The van der Waals surface area contributed by atoms with E-state index in [0.29, 0.717) is 22.2 Å². The maximum Gasteiger partial charge on any atom is 0.324 e. The highest BCUT2D eigenvalue weighted by atomic mass is 33.1. The Morgan fingerprint density at radius 1 is 1.41 bits per heavy atom. The summed E-state index contributed by atoms with van der Waals surface area (Å²) in [5.74, 6) is -0.130. The topological polar surface area (TPSA) is 172 Å². The molecule has 0 aliphatic carbocycles. The number of nitrogen functional groups attached to an aromatic ring is 1. The summed E-state index contributed by atoms with van der Waals surface area (Å²) < 4.78 is 12.7. The molecule has 0 saturated carbocycles. The van der Waals surface area contributed by atoms with Crippen molar-refractivity contribution in [1.82, 2.24) is 19.5 Å². The first kappa shape index (κ1) is 22.1. The second kappa shape index (κ2) is 9.45. The van der Waals surface area contributed by atoms with Crippen molar-refractivity contribution in [2.75, 3.05) is 18.1 Å². The molecule has 2 aromatic heterocycles. The lowest BCUT2D eigenvalue weighted by Crippen LogP contribution is -2.42. The Morgan fingerprint density at radius 2 is 2.17 bits per heavy atom. The lowest BCUT2D eigenvalue weighted by Gasteiger charge is -2.23. The van der Waals surface area contributed by atoms with Crippen molar-refractivity contribution < 1.29 is 24.5 Å². The Balaban J connectivity index is 1.79. The first-order valence-corrected chi connectivity index (χ1v) is 11.3. The summed E-state index contributed by atoms with van der Waals surface area (Å²) in [6.45, 7) is 3.63. The molecule has 1 saturated heterocycles. The van der Waals surface area contributed by atoms with Crippen LogP contribution < -0.4 is 11.5 Å². The SMILES string of the molecule is CC(C)SSC[C@H](N)C(=O)O[C@@H]1[C@H](O)[C@@H](CO)O[C@H]1n1cnc2c(N)ncnc21. The smallest absolute Gasteiger partial charge is 0.324 e. The number of esters is 1. The van der Waals surface area contributed by atoms with E-state index >= 15 is 0 Å². The maximum atomic E-state index is 12.5. The number of anilines is 1. The number of hydrogen-bond donors (Lipinski definition) is 4. The van der Waals surface area contributed by atoms with Crippen LogP contribution in [0.25, 0.3) is 11.2 Å². The highest BCUT2D eigenvalue weighted by molar-refractivity contribution is 8.76. The van der Waals surface area contributed by atoms with Crippen molar-refractivity contribution in [1.29, 1.82) is 0 Å². The zero-order valence-corrected chi connectivity index (χ0v) is 17.5. The standard InChI is InChI=1S/C16H24N6O5S2/c1-7(2)29-28-4-8(17)16(25)27-12-11(24)9(3-23)26-15(12)22-6-21-10-13(18)19-5-20-14(10)22/h5-9,11-12,15,23-24H,3-4,17H2,1-2H3,(H2,18,19,20)/t8-,9+,11+,12+,15+/m0/s1. The number of rotatable bonds is 8. The quantitative estimate of drug-likeness (QED) is 0.309. The van der Waals surface area contributed by atoms with E-state index in [2.05, 4.69) is 15.0 Å². The van der Waals surface area contributed by atoms with Gasteiger partial charge in [-0.05, 0) is 0 Å². The normalized spacial score (nSPS) is 25.6. The van der Waals surface area contributed by atoms with Crippen LogP contribution in [0.1, 0.15) is 20.1 Å². The van der Waals surface area contributed by atoms with E-state index in [0.717, 1.165) is 0 Å². The number of aliphatic hydroxyl groups excluding tert-OH is 2. The number of carbonyl (C=O) groups excluding carboxylic acids is 1. The molecule has 1 aliphatic heterocycles. The van der Waals surface area contributed by atoms with Crippen LogP contribution in [0.15, 0.2) is 12.7 Å². The molecule has 0 aromatic carbocycles. The van der Waals surface area contributed by atoms with Gasteiger partial charge in [-0.25, -0.2) is 15.0 Å². The molecule has 0 spiro atoms. The molecule has 0 amide bonds. The van der Waals surface area contributed by atoms with Gasteiger partial charge in [0, 0.05) is 11.0 Å². The van der Waals surface area contributed by atoms with Crippen LogP contribution in [0.2, 0.25) is 0 Å². The molecule has 13 heteroatoms. The van der Waals surface area contributed by atoms with E-state index in [4.69, 9.17) is 20.9 Å². The van der Waals surface area contributed by atoms with Crippen molar-refractivity contribution in [2.45, 2.75) is 49.7 Å². The fourth-order valence-electron chi connectivity index (χ4n) is 2.81. The third kappa shape index (κ3) is 4.75. The number of imidazole rings is 1. The predicted molar refractivity (Wildman–Crippen MR) is 110 cm³/mol. The van der Waals surface area contributed by atoms with Crippen LogP contribution >= 0.6 is 21.6 Å². The summed E-state index contributed by atoms with van der Waals surface area (Å²) in [5.41, 5.74) is 12.4. The molecule has 2 aromatic rings. The molecule has 160 valence electrons. The van der Waals surface area contributed by atoms with Crippen LogP contribution in [-0.2, 0) is 14.3 Å². The summed E-state index contributed by atoms with van der Waals surface area (Å²) in [4.78, 5) is 24.7. The number of fused-ring (bicyclic) bond motifs is 1. The second-order valence-corrected chi connectivity index (χ2v) is 9.75. The number of hydrogen-bond acceptors (Lipinski definition) is 12. The van der Waals surface area contributed by atoms with Crippen LogP contribution in [0.3, 0.4) is 0 Å². The zero-order valence-electron chi connectivity index (χ0n) is 15.9. The summed E-state index contributed by atoms with van der Waals surface area (Å²) >= 11 is 0. The van der Waals surface area contributed by atoms with Gasteiger partial charge in [0.2, 0.25) is 0 Å². The van der Waals surface area contributed by atoms with Crippen LogP contribution in [-0.4, -0.2) is 77.7 Å². The Labute approximate surface area is 175 Å². The van der Waals surface area contributed by atoms with E-state index in [1.54, 1.807) is 10.8 Å². The average Bonchev–Trinajstić information content (AvgIpc) is 3.24. The maximum absolute atomic E-state index is 12.5. The molecule has 1 aliphatic rings. The molecular weight excluding hydrogens is 420 g/mol. The lowest BCUT2D eigenvalue weighted by molar-refractivity contribution is -0.159. The van der Waals surface area contributed by atoms with Crippen molar-refractivity contribution in [3.63, 3.8) is 0 Å². The van der Waals surface area contributed by atoms with E-state index in [-0.39, 0.29) is 5.82 Å². The molecule has 3 rings (SSSR count). The van der Waals surface area contributed by atoms with Crippen molar-refractivity contribution in [3.8, 4) is 0 Å². The van der Waals surface area contributed by atoms with Gasteiger partial charge < -0.3 is 31.2 Å². The number of nitrogens with zero attached hydrogens (tertiary/aromatic N) is 4. The van der Waals surface area contributed by atoms with Gasteiger partial charge in [-0.2, -0.15) is 0 Å². The van der Waals surface area contributed by atoms with Crippen molar-refractivity contribution in [3.05, 3.63) is 12.7 Å². The van der Waals surface area contributed by atoms with Gasteiger partial charge in [-0.15, -0.1) is 0 Å². The molecule has 6 N–H and O–H groups in total. The number of nitrogens with two attached hydrogens (primary N) is 2. The zero-order chi connectivity index (χ0) is 21.1. The predicted octanol–water partition coefficient (Wildman–Crippen LogP) is -0.312. The van der Waals surface area contributed by atoms with Crippen LogP contribution in [0, 0.1) is 0 Å². The molecule has 11 nitrogen and oxygen atoms in total. The van der Waals surface area contributed by atoms with E-state index < -0.39 is 43.2 Å². The van der Waals surface area contributed by atoms with Gasteiger partial charge in [-0.3, -0.25) is 9.36 Å². The van der Waals surface area contributed by atoms with Gasteiger partial charge in [0.1, 0.15) is 30.1 Å². The molecule has 0 unspecified atom stereocenters. The largest absolute Gasteiger partial charge is 0.453 e. The summed E-state index contributed by atoms with van der Waals surface area (Å²) in [6, 6.07) is -0.871. The average molecular weight is 445 g/mol. The number of ether oxygens (including phenoxy) is 2. The van der Waals surface area contributed by atoms with Gasteiger partial charge in [0.05, 0.1) is 12.9 Å². The third-order valence-electron chi connectivity index (χ3n) is 4.22. The summed E-state index contributed by atoms with van der Waals surface area (Å²) in [7, 11) is 3.08. The lowest BCUT2D eigenvalue weighted by atomic mass is 10.1. The molecule has 3 heterocycles. The summed E-state index contributed by atoms with van der Waals surface area (Å²) in [6.07, 6.45) is -1.60. The van der Waals surface area contributed by atoms with E-state index in [1.165, 1.54) is 28.0 Å². The number of aromatic nitrogens is 4. The second-order valence-electron chi connectivity index (χ2n) is 6.76.